The van der Waals surface area contributed by atoms with Crippen molar-refractivity contribution in [3.8, 4) is 5.75 Å². The number of nitrogens with zero attached hydrogens (tertiary/aromatic N) is 1. The number of ether oxygens (including phenoxy) is 1. The van der Waals surface area contributed by atoms with E-state index in [1.807, 2.05) is 0 Å². The molecule has 1 N–H and O–H groups in total. The normalized spacial score (nSPS) is 19.9. The van der Waals surface area contributed by atoms with Gasteiger partial charge in [0, 0.05) is 17.5 Å². The molecule has 8 heteroatoms. The number of benzene rings is 1. The van der Waals surface area contributed by atoms with E-state index in [9.17, 15) is 19.7 Å². The van der Waals surface area contributed by atoms with Crippen LogP contribution in [-0.4, -0.2) is 24.0 Å². The van der Waals surface area contributed by atoms with Crippen molar-refractivity contribution in [2.75, 3.05) is 7.11 Å². The molecule has 1 amide bonds. The Kier molecular flexibility index (Phi) is 4.92. The molecular weight excluding hydrogens is 340 g/mol. The molecule has 3 rings (SSSR count). The molecule has 1 saturated carbocycles. The molecule has 0 aliphatic heterocycles. The third kappa shape index (κ3) is 3.40. The standard InChI is InChI=1S/C18H20N2O6/c1-10-5-3-4-6-14(10)19-17(21)13-8-11-7-12(20(23)24)9-15(25-2)16(11)26-18(13)22/h7-10,14H,3-6H2,1-2H3,(H,19,21)/t10-,14-/m1/s1. The molecule has 138 valence electrons. The summed E-state index contributed by atoms with van der Waals surface area (Å²) in [5.41, 5.74) is -1.11. The van der Waals surface area contributed by atoms with Gasteiger partial charge in [-0.2, -0.15) is 0 Å². The van der Waals surface area contributed by atoms with Gasteiger partial charge >= 0.3 is 5.63 Å². The quantitative estimate of drug-likeness (QED) is 0.509. The fraction of sp³-hybridized carbons (Fsp3) is 0.444. The molecule has 8 nitrogen and oxygen atoms in total. The molecule has 1 aromatic heterocycles. The SMILES string of the molecule is COc1cc([N+](=O)[O-])cc2cc(C(=O)N[C@@H]3CCCC[C@H]3C)c(=O)oc12. The number of non-ortho nitro benzene ring substituents is 1. The van der Waals surface area contributed by atoms with Crippen molar-refractivity contribution in [1.29, 1.82) is 0 Å². The zero-order chi connectivity index (χ0) is 18.8. The molecule has 1 aromatic carbocycles. The van der Waals surface area contributed by atoms with Crippen molar-refractivity contribution < 1.29 is 18.9 Å². The molecule has 0 unspecified atom stereocenters. The van der Waals surface area contributed by atoms with Crippen LogP contribution in [0.3, 0.4) is 0 Å². The molecule has 1 heterocycles. The van der Waals surface area contributed by atoms with Gasteiger partial charge in [0.1, 0.15) is 5.56 Å². The number of nitrogens with one attached hydrogen (secondary N) is 1. The summed E-state index contributed by atoms with van der Waals surface area (Å²) in [6, 6.07) is 3.75. The predicted octanol–water partition coefficient (Wildman–Crippen LogP) is 3.02. The Balaban J connectivity index is 2.00. The minimum Gasteiger partial charge on any atom is -0.493 e. The molecule has 1 aliphatic carbocycles. The Morgan fingerprint density at radius 1 is 1.31 bits per heavy atom. The molecule has 0 spiro atoms. The second-order valence-electron chi connectivity index (χ2n) is 6.61. The number of hydrogen-bond donors (Lipinski definition) is 1. The van der Waals surface area contributed by atoms with Crippen LogP contribution in [0.2, 0.25) is 0 Å². The first kappa shape index (κ1) is 17.9. The van der Waals surface area contributed by atoms with Gasteiger partial charge in [0.15, 0.2) is 11.3 Å². The van der Waals surface area contributed by atoms with E-state index in [1.165, 1.54) is 25.3 Å². The van der Waals surface area contributed by atoms with Gasteiger partial charge in [-0.25, -0.2) is 4.79 Å². The number of nitro benzene ring substituents is 1. The highest BCUT2D eigenvalue weighted by atomic mass is 16.6. The van der Waals surface area contributed by atoms with E-state index >= 15 is 0 Å². The first-order valence-corrected chi connectivity index (χ1v) is 8.52. The van der Waals surface area contributed by atoms with Gasteiger partial charge in [-0.05, 0) is 24.8 Å². The monoisotopic (exact) mass is 360 g/mol. The topological polar surface area (TPSA) is 112 Å². The number of fused-ring (bicyclic) bond motifs is 1. The maximum atomic E-state index is 12.6. The van der Waals surface area contributed by atoms with Crippen LogP contribution in [0, 0.1) is 16.0 Å². The van der Waals surface area contributed by atoms with Gasteiger partial charge in [0.25, 0.3) is 11.6 Å². The third-order valence-corrected chi connectivity index (χ3v) is 4.89. The fourth-order valence-electron chi connectivity index (χ4n) is 3.38. The van der Waals surface area contributed by atoms with Crippen molar-refractivity contribution in [3.63, 3.8) is 0 Å². The average Bonchev–Trinajstić information content (AvgIpc) is 2.62. The summed E-state index contributed by atoms with van der Waals surface area (Å²) < 4.78 is 10.3. The van der Waals surface area contributed by atoms with E-state index in [2.05, 4.69) is 12.2 Å². The summed E-state index contributed by atoms with van der Waals surface area (Å²) in [5, 5.41) is 14.2. The minimum atomic E-state index is -0.800. The van der Waals surface area contributed by atoms with Crippen LogP contribution in [0.15, 0.2) is 27.4 Å². The number of hydrogen-bond acceptors (Lipinski definition) is 6. The van der Waals surface area contributed by atoms with E-state index < -0.39 is 16.5 Å². The highest BCUT2D eigenvalue weighted by molar-refractivity contribution is 5.98. The van der Waals surface area contributed by atoms with Gasteiger partial charge in [-0.3, -0.25) is 14.9 Å². The van der Waals surface area contributed by atoms with Crippen molar-refractivity contribution in [2.45, 2.75) is 38.6 Å². The largest absolute Gasteiger partial charge is 0.493 e. The summed E-state index contributed by atoms with van der Waals surface area (Å²) >= 11 is 0. The molecule has 1 fully saturated rings. The van der Waals surface area contributed by atoms with Crippen LogP contribution in [0.5, 0.6) is 5.75 Å². The van der Waals surface area contributed by atoms with E-state index in [0.29, 0.717) is 5.92 Å². The first-order valence-electron chi connectivity index (χ1n) is 8.52. The van der Waals surface area contributed by atoms with Crippen molar-refractivity contribution in [3.05, 3.63) is 44.3 Å². The molecule has 2 atom stereocenters. The second kappa shape index (κ2) is 7.15. The summed E-state index contributed by atoms with van der Waals surface area (Å²) in [4.78, 5) is 35.3. The number of carbonyl (C=O) groups is 1. The first-order chi connectivity index (χ1) is 12.4. The van der Waals surface area contributed by atoms with E-state index in [4.69, 9.17) is 9.15 Å². The third-order valence-electron chi connectivity index (χ3n) is 4.89. The Hall–Kier alpha value is -2.90. The van der Waals surface area contributed by atoms with Crippen LogP contribution in [0.1, 0.15) is 43.0 Å². The molecule has 0 radical (unpaired) electrons. The van der Waals surface area contributed by atoms with Crippen LogP contribution >= 0.6 is 0 Å². The Labute approximate surface area is 149 Å². The zero-order valence-corrected chi connectivity index (χ0v) is 14.6. The summed E-state index contributed by atoms with van der Waals surface area (Å²) in [5.74, 6) is -0.120. The van der Waals surface area contributed by atoms with Crippen LogP contribution in [0.25, 0.3) is 11.0 Å². The van der Waals surface area contributed by atoms with Crippen LogP contribution in [-0.2, 0) is 0 Å². The summed E-state index contributed by atoms with van der Waals surface area (Å²) in [7, 11) is 1.32. The number of amides is 1. The lowest BCUT2D eigenvalue weighted by Crippen LogP contribution is -2.42. The smallest absolute Gasteiger partial charge is 0.349 e. The lowest BCUT2D eigenvalue weighted by atomic mass is 9.86. The van der Waals surface area contributed by atoms with Gasteiger partial charge in [0.2, 0.25) is 0 Å². The Morgan fingerprint density at radius 3 is 2.69 bits per heavy atom. The van der Waals surface area contributed by atoms with Crippen LogP contribution in [0.4, 0.5) is 5.69 Å². The molecule has 1 aliphatic rings. The number of nitro groups is 1. The average molecular weight is 360 g/mol. The van der Waals surface area contributed by atoms with Gasteiger partial charge < -0.3 is 14.5 Å². The molecule has 2 aromatic rings. The van der Waals surface area contributed by atoms with Crippen LogP contribution < -0.4 is 15.7 Å². The van der Waals surface area contributed by atoms with Crippen molar-refractivity contribution in [1.82, 2.24) is 5.32 Å². The van der Waals surface area contributed by atoms with Gasteiger partial charge in [0.05, 0.1) is 18.1 Å². The summed E-state index contributed by atoms with van der Waals surface area (Å²) in [6.45, 7) is 2.07. The van der Waals surface area contributed by atoms with E-state index in [-0.39, 0.29) is 34.0 Å². The van der Waals surface area contributed by atoms with E-state index in [0.717, 1.165) is 25.7 Å². The molecule has 0 saturated heterocycles. The van der Waals surface area contributed by atoms with Crippen molar-refractivity contribution in [2.24, 2.45) is 5.92 Å². The van der Waals surface area contributed by atoms with E-state index in [1.54, 1.807) is 0 Å². The zero-order valence-electron chi connectivity index (χ0n) is 14.6. The number of methoxy groups -OCH3 is 1. The Morgan fingerprint density at radius 2 is 2.04 bits per heavy atom. The molecule has 0 bridgehead atoms. The highest BCUT2D eigenvalue weighted by Gasteiger charge is 2.25. The lowest BCUT2D eigenvalue weighted by molar-refractivity contribution is -0.384. The minimum absolute atomic E-state index is 0.00555. The fourth-order valence-corrected chi connectivity index (χ4v) is 3.38. The lowest BCUT2D eigenvalue weighted by Gasteiger charge is -2.29. The van der Waals surface area contributed by atoms with Crippen molar-refractivity contribution >= 4 is 22.6 Å². The maximum Gasteiger partial charge on any atom is 0.349 e. The van der Waals surface area contributed by atoms with Gasteiger partial charge in [-0.1, -0.05) is 19.8 Å². The predicted molar refractivity (Wildman–Crippen MR) is 94.6 cm³/mol. The highest BCUT2D eigenvalue weighted by Crippen LogP contribution is 2.30. The number of rotatable bonds is 4. The van der Waals surface area contributed by atoms with Gasteiger partial charge in [-0.15, -0.1) is 0 Å². The Bertz CT molecular complexity index is 920. The summed E-state index contributed by atoms with van der Waals surface area (Å²) in [6.07, 6.45) is 4.06. The molecular formula is C18H20N2O6. The molecule has 26 heavy (non-hydrogen) atoms. The number of carbonyl (C=O) groups excluding carboxylic acids is 1. The second-order valence-corrected chi connectivity index (χ2v) is 6.61. The maximum absolute atomic E-state index is 12.6.